The summed E-state index contributed by atoms with van der Waals surface area (Å²) >= 11 is 6.15. The zero-order valence-electron chi connectivity index (χ0n) is 25.4. The van der Waals surface area contributed by atoms with E-state index < -0.39 is 17.5 Å². The highest BCUT2D eigenvalue weighted by molar-refractivity contribution is 6.30. The number of anilines is 3. The van der Waals surface area contributed by atoms with Gasteiger partial charge in [-0.1, -0.05) is 11.6 Å². The lowest BCUT2D eigenvalue weighted by atomic mass is 9.94. The second-order valence-corrected chi connectivity index (χ2v) is 12.7. The third kappa shape index (κ3) is 8.19. The van der Waals surface area contributed by atoms with Gasteiger partial charge in [-0.25, -0.2) is 14.2 Å². The van der Waals surface area contributed by atoms with Crippen LogP contribution in [-0.2, 0) is 9.53 Å². The van der Waals surface area contributed by atoms with Crippen LogP contribution >= 0.6 is 11.6 Å². The monoisotopic (exact) mass is 624 g/mol. The van der Waals surface area contributed by atoms with Crippen LogP contribution in [0.2, 0.25) is 5.02 Å². The largest absolute Gasteiger partial charge is 0.444 e. The van der Waals surface area contributed by atoms with E-state index in [2.05, 4.69) is 42.7 Å². The van der Waals surface area contributed by atoms with Crippen molar-refractivity contribution < 1.29 is 18.7 Å². The molecule has 0 unspecified atom stereocenters. The number of likely N-dealkylation sites (tertiary alicyclic amines) is 1. The normalized spacial score (nSPS) is 16.4. The van der Waals surface area contributed by atoms with Crippen molar-refractivity contribution in [1.29, 1.82) is 0 Å². The van der Waals surface area contributed by atoms with E-state index in [0.717, 1.165) is 26.2 Å². The lowest BCUT2D eigenvalue weighted by molar-refractivity contribution is -0.116. The van der Waals surface area contributed by atoms with Crippen molar-refractivity contribution in [3.63, 3.8) is 0 Å². The van der Waals surface area contributed by atoms with Crippen molar-refractivity contribution >= 4 is 40.8 Å². The Kier molecular flexibility index (Phi) is 9.62. The summed E-state index contributed by atoms with van der Waals surface area (Å²) in [5.41, 5.74) is 1.76. The number of aromatic nitrogens is 3. The molecular weight excluding hydrogens is 587 g/mol. The van der Waals surface area contributed by atoms with Gasteiger partial charge in [0, 0.05) is 86.7 Å². The number of carbonyl (C=O) groups is 2. The first-order valence-electron chi connectivity index (χ1n) is 14.7. The van der Waals surface area contributed by atoms with Crippen molar-refractivity contribution in [2.24, 2.45) is 0 Å². The number of rotatable bonds is 8. The number of halogens is 2. The number of likely N-dealkylation sites (N-methyl/N-ethyl adjacent to an activating group) is 1. The number of hydrogen-bond donors (Lipinski definition) is 2. The molecule has 2 aliphatic heterocycles. The molecular formula is C31H38ClFN8O3. The molecule has 234 valence electrons. The van der Waals surface area contributed by atoms with Crippen molar-refractivity contribution in [3.05, 3.63) is 59.1 Å². The van der Waals surface area contributed by atoms with E-state index in [4.69, 9.17) is 16.3 Å². The molecule has 2 fully saturated rings. The quantitative estimate of drug-likeness (QED) is 0.358. The number of carbonyl (C=O) groups excluding carboxylic acids is 2. The minimum absolute atomic E-state index is 0.115. The Balaban J connectivity index is 1.32. The molecule has 2 N–H and O–H groups in total. The molecule has 2 saturated heterocycles. The van der Waals surface area contributed by atoms with Gasteiger partial charge in [0.05, 0.1) is 17.1 Å². The fourth-order valence-electron chi connectivity index (χ4n) is 5.02. The standard InChI is InChI=1S/C31H38ClFN8O3/c1-31(2,3)44-30(43)41-18-20(19-41)29-26(17-25(37-38-29)23-15-21(32)5-6-24(23)33)35-22-7-9-34-27(16-22)36-28(42)8-10-40-13-11-39(4)12-14-40/h5-7,9,15-17,20H,8,10-14,18-19H2,1-4H3,(H2,34,35,36,37,42). The third-order valence-electron chi connectivity index (χ3n) is 7.50. The van der Waals surface area contributed by atoms with E-state index in [1.54, 1.807) is 29.3 Å². The topological polar surface area (TPSA) is 116 Å². The summed E-state index contributed by atoms with van der Waals surface area (Å²) in [6.45, 7) is 10.8. The summed E-state index contributed by atoms with van der Waals surface area (Å²) < 4.78 is 20.2. The van der Waals surface area contributed by atoms with Crippen LogP contribution in [0.25, 0.3) is 11.3 Å². The highest BCUT2D eigenvalue weighted by atomic mass is 35.5. The maximum absolute atomic E-state index is 14.7. The minimum Gasteiger partial charge on any atom is -0.444 e. The van der Waals surface area contributed by atoms with E-state index in [9.17, 15) is 14.0 Å². The van der Waals surface area contributed by atoms with E-state index >= 15 is 0 Å². The first kappa shape index (κ1) is 31.6. The summed E-state index contributed by atoms with van der Waals surface area (Å²) in [6, 6.07) is 9.45. The molecule has 0 radical (unpaired) electrons. The Morgan fingerprint density at radius 1 is 1.07 bits per heavy atom. The highest BCUT2D eigenvalue weighted by Gasteiger charge is 2.37. The molecule has 0 saturated carbocycles. The number of amides is 2. The Bertz CT molecular complexity index is 1500. The number of pyridine rings is 1. The lowest BCUT2D eigenvalue weighted by Gasteiger charge is -2.39. The lowest BCUT2D eigenvalue weighted by Crippen LogP contribution is -2.50. The summed E-state index contributed by atoms with van der Waals surface area (Å²) in [5.74, 6) is -0.308. The van der Waals surface area contributed by atoms with Gasteiger partial charge < -0.3 is 30.1 Å². The molecule has 3 aromatic rings. The van der Waals surface area contributed by atoms with Gasteiger partial charge in [-0.15, -0.1) is 5.10 Å². The van der Waals surface area contributed by atoms with Gasteiger partial charge in [-0.3, -0.25) is 4.79 Å². The van der Waals surface area contributed by atoms with E-state index in [1.165, 1.54) is 18.2 Å². The SMILES string of the molecule is CN1CCN(CCC(=O)Nc2cc(Nc3cc(-c4cc(Cl)ccc4F)nnc3C3CN(C(=O)OC(C)(C)C)C3)ccn2)CC1. The van der Waals surface area contributed by atoms with Gasteiger partial charge in [0.25, 0.3) is 0 Å². The highest BCUT2D eigenvalue weighted by Crippen LogP contribution is 2.35. The summed E-state index contributed by atoms with van der Waals surface area (Å²) in [4.78, 5) is 35.7. The molecule has 11 nitrogen and oxygen atoms in total. The number of piperazine rings is 1. The first-order valence-corrected chi connectivity index (χ1v) is 15.1. The molecule has 44 heavy (non-hydrogen) atoms. The van der Waals surface area contributed by atoms with Crippen molar-refractivity contribution in [1.82, 2.24) is 29.9 Å². The van der Waals surface area contributed by atoms with E-state index in [1.807, 2.05) is 20.8 Å². The molecule has 5 rings (SSSR count). The van der Waals surface area contributed by atoms with Crippen LogP contribution in [-0.4, -0.2) is 100 Å². The molecule has 0 aliphatic carbocycles. The predicted molar refractivity (Wildman–Crippen MR) is 168 cm³/mol. The summed E-state index contributed by atoms with van der Waals surface area (Å²) in [7, 11) is 2.10. The molecule has 4 heterocycles. The van der Waals surface area contributed by atoms with Crippen LogP contribution in [0.4, 0.5) is 26.4 Å². The number of nitrogens with one attached hydrogen (secondary N) is 2. The number of benzene rings is 1. The van der Waals surface area contributed by atoms with Crippen LogP contribution < -0.4 is 10.6 Å². The molecule has 2 amide bonds. The molecule has 2 aliphatic rings. The second-order valence-electron chi connectivity index (χ2n) is 12.2. The predicted octanol–water partition coefficient (Wildman–Crippen LogP) is 4.99. The molecule has 0 atom stereocenters. The fourth-order valence-corrected chi connectivity index (χ4v) is 5.20. The zero-order valence-corrected chi connectivity index (χ0v) is 26.2. The van der Waals surface area contributed by atoms with E-state index in [0.29, 0.717) is 59.7 Å². The Morgan fingerprint density at radius 3 is 2.55 bits per heavy atom. The van der Waals surface area contributed by atoms with Crippen molar-refractivity contribution in [2.45, 2.75) is 38.7 Å². The molecule has 0 bridgehead atoms. The molecule has 1 aromatic carbocycles. The molecule has 0 spiro atoms. The Morgan fingerprint density at radius 2 is 1.82 bits per heavy atom. The van der Waals surface area contributed by atoms with Crippen LogP contribution in [0, 0.1) is 5.82 Å². The van der Waals surface area contributed by atoms with Crippen LogP contribution in [0.3, 0.4) is 0 Å². The Hall–Kier alpha value is -3.87. The molecule has 13 heteroatoms. The average molecular weight is 625 g/mol. The minimum atomic E-state index is -0.601. The zero-order chi connectivity index (χ0) is 31.4. The van der Waals surface area contributed by atoms with Gasteiger partial charge in [0.2, 0.25) is 5.91 Å². The van der Waals surface area contributed by atoms with E-state index in [-0.39, 0.29) is 17.4 Å². The van der Waals surface area contributed by atoms with Gasteiger partial charge in [-0.05, 0) is 58.2 Å². The maximum Gasteiger partial charge on any atom is 0.410 e. The molecule has 2 aromatic heterocycles. The van der Waals surface area contributed by atoms with Crippen LogP contribution in [0.1, 0.15) is 38.8 Å². The van der Waals surface area contributed by atoms with Crippen molar-refractivity contribution in [3.8, 4) is 11.3 Å². The van der Waals surface area contributed by atoms with Crippen LogP contribution in [0.5, 0.6) is 0 Å². The first-order chi connectivity index (χ1) is 20.9. The van der Waals surface area contributed by atoms with Gasteiger partial charge >= 0.3 is 6.09 Å². The summed E-state index contributed by atoms with van der Waals surface area (Å²) in [5, 5.41) is 15.4. The Labute approximate surface area is 261 Å². The van der Waals surface area contributed by atoms with Gasteiger partial charge in [0.1, 0.15) is 17.2 Å². The number of hydrogen-bond acceptors (Lipinski definition) is 9. The van der Waals surface area contributed by atoms with Gasteiger partial charge in [0.15, 0.2) is 0 Å². The number of nitrogens with zero attached hydrogens (tertiary/aromatic N) is 6. The van der Waals surface area contributed by atoms with Crippen molar-refractivity contribution in [2.75, 3.05) is 63.5 Å². The summed E-state index contributed by atoms with van der Waals surface area (Å²) in [6.07, 6.45) is 1.57. The van der Waals surface area contributed by atoms with Crippen LogP contribution in [0.15, 0.2) is 42.6 Å². The third-order valence-corrected chi connectivity index (χ3v) is 7.74. The average Bonchev–Trinajstić information content (AvgIpc) is 2.93. The number of ether oxygens (including phenoxy) is 1. The maximum atomic E-state index is 14.7. The fraction of sp³-hybridized carbons (Fsp3) is 0.452. The smallest absolute Gasteiger partial charge is 0.410 e. The second kappa shape index (κ2) is 13.4. The van der Waals surface area contributed by atoms with Gasteiger partial charge in [-0.2, -0.15) is 5.10 Å².